The number of benzene rings is 1. The summed E-state index contributed by atoms with van der Waals surface area (Å²) in [5.74, 6) is 1.88. The van der Waals surface area contributed by atoms with Gasteiger partial charge in [-0.25, -0.2) is 4.68 Å². The average molecular weight is 375 g/mol. The molecule has 0 unspecified atom stereocenters. The number of hydrogen-bond donors (Lipinski definition) is 1. The van der Waals surface area contributed by atoms with Gasteiger partial charge in [0.05, 0.1) is 46.4 Å². The van der Waals surface area contributed by atoms with E-state index in [1.807, 2.05) is 16.8 Å². The summed E-state index contributed by atoms with van der Waals surface area (Å²) in [7, 11) is 3.41. The Labute approximate surface area is 161 Å². The molecule has 3 rings (SSSR count). The number of nitrogens with zero attached hydrogens (tertiary/aromatic N) is 5. The fourth-order valence-corrected chi connectivity index (χ4v) is 3.80. The van der Waals surface area contributed by atoms with E-state index in [1.165, 1.54) is 5.69 Å². The Morgan fingerprint density at radius 2 is 1.89 bits per heavy atom. The van der Waals surface area contributed by atoms with Crippen LogP contribution in [-0.2, 0) is 11.3 Å². The number of ether oxygens (including phenoxy) is 2. The van der Waals surface area contributed by atoms with E-state index in [1.54, 1.807) is 19.1 Å². The molecule has 1 N–H and O–H groups in total. The molecule has 8 nitrogen and oxygen atoms in total. The highest BCUT2D eigenvalue weighted by Gasteiger charge is 2.32. The lowest BCUT2D eigenvalue weighted by molar-refractivity contribution is -0.933. The summed E-state index contributed by atoms with van der Waals surface area (Å²) in [5, 5.41) is 12.5. The van der Waals surface area contributed by atoms with Crippen molar-refractivity contribution in [2.45, 2.75) is 32.4 Å². The molecule has 1 aromatic carbocycles. The van der Waals surface area contributed by atoms with Crippen molar-refractivity contribution in [2.24, 2.45) is 0 Å². The third kappa shape index (κ3) is 4.75. The van der Waals surface area contributed by atoms with E-state index in [9.17, 15) is 0 Å². The van der Waals surface area contributed by atoms with Crippen molar-refractivity contribution in [3.05, 3.63) is 30.1 Å². The zero-order valence-corrected chi connectivity index (χ0v) is 16.6. The molecular formula is C19H31N6O2+. The van der Waals surface area contributed by atoms with Crippen molar-refractivity contribution in [1.29, 1.82) is 0 Å². The van der Waals surface area contributed by atoms with Gasteiger partial charge in [-0.05, 0) is 34.7 Å². The SMILES string of the molecule is CCC[C@@H](c1nnnn1CCOC)[NH+]1CCN(c2ccc(OC)cc2)CC1. The Morgan fingerprint density at radius 3 is 2.52 bits per heavy atom. The molecule has 2 aromatic rings. The first-order valence-corrected chi connectivity index (χ1v) is 9.75. The van der Waals surface area contributed by atoms with E-state index in [0.717, 1.165) is 50.6 Å². The number of tetrazole rings is 1. The van der Waals surface area contributed by atoms with Crippen LogP contribution in [0, 0.1) is 0 Å². The molecule has 1 atom stereocenters. The number of anilines is 1. The lowest BCUT2D eigenvalue weighted by Crippen LogP contribution is -3.15. The first-order chi connectivity index (χ1) is 13.3. The first-order valence-electron chi connectivity index (χ1n) is 9.75. The first kappa shape index (κ1) is 19.6. The predicted molar refractivity (Wildman–Crippen MR) is 103 cm³/mol. The molecule has 1 fully saturated rings. The van der Waals surface area contributed by atoms with Crippen LogP contribution in [0.4, 0.5) is 5.69 Å². The van der Waals surface area contributed by atoms with E-state index in [2.05, 4.69) is 39.5 Å². The van der Waals surface area contributed by atoms with Crippen LogP contribution in [0.1, 0.15) is 31.6 Å². The van der Waals surface area contributed by atoms with E-state index >= 15 is 0 Å². The number of rotatable bonds is 9. The summed E-state index contributed by atoms with van der Waals surface area (Å²) in [6, 6.07) is 8.66. The van der Waals surface area contributed by atoms with Gasteiger partial charge in [-0.1, -0.05) is 13.3 Å². The molecule has 0 saturated carbocycles. The number of aromatic nitrogens is 4. The number of methoxy groups -OCH3 is 2. The minimum Gasteiger partial charge on any atom is -0.497 e. The van der Waals surface area contributed by atoms with Crippen molar-refractivity contribution in [1.82, 2.24) is 20.2 Å². The molecule has 0 amide bonds. The summed E-state index contributed by atoms with van der Waals surface area (Å²) in [6.07, 6.45) is 2.21. The highest BCUT2D eigenvalue weighted by atomic mass is 16.5. The second kappa shape index (κ2) is 9.66. The second-order valence-electron chi connectivity index (χ2n) is 6.94. The fourth-order valence-electron chi connectivity index (χ4n) is 3.80. The molecule has 27 heavy (non-hydrogen) atoms. The maximum atomic E-state index is 5.26. The Hall–Kier alpha value is -2.19. The highest BCUT2D eigenvalue weighted by molar-refractivity contribution is 5.49. The summed E-state index contributed by atoms with van der Waals surface area (Å²) >= 11 is 0. The van der Waals surface area contributed by atoms with Crippen molar-refractivity contribution >= 4 is 5.69 Å². The lowest BCUT2D eigenvalue weighted by atomic mass is 10.1. The number of hydrogen-bond acceptors (Lipinski definition) is 6. The van der Waals surface area contributed by atoms with Gasteiger partial charge < -0.3 is 19.3 Å². The average Bonchev–Trinajstić information content (AvgIpc) is 3.19. The minimum atomic E-state index is 0.333. The van der Waals surface area contributed by atoms with Crippen molar-refractivity contribution in [2.75, 3.05) is 51.9 Å². The van der Waals surface area contributed by atoms with Gasteiger partial charge in [-0.15, -0.1) is 5.10 Å². The molecule has 0 spiro atoms. The van der Waals surface area contributed by atoms with Gasteiger partial charge in [-0.2, -0.15) is 0 Å². The van der Waals surface area contributed by atoms with Gasteiger partial charge in [0.1, 0.15) is 11.8 Å². The van der Waals surface area contributed by atoms with Gasteiger partial charge in [0.2, 0.25) is 5.82 Å². The Bertz CT molecular complexity index is 682. The smallest absolute Gasteiger partial charge is 0.209 e. The summed E-state index contributed by atoms with van der Waals surface area (Å²) in [5.41, 5.74) is 1.26. The molecule has 148 valence electrons. The van der Waals surface area contributed by atoms with Gasteiger partial charge in [0.15, 0.2) is 0 Å². The largest absolute Gasteiger partial charge is 0.497 e. The predicted octanol–water partition coefficient (Wildman–Crippen LogP) is 0.574. The minimum absolute atomic E-state index is 0.333. The van der Waals surface area contributed by atoms with Crippen LogP contribution in [0.15, 0.2) is 24.3 Å². The van der Waals surface area contributed by atoms with Crippen LogP contribution in [0.5, 0.6) is 5.75 Å². The van der Waals surface area contributed by atoms with Crippen LogP contribution < -0.4 is 14.5 Å². The molecule has 0 aliphatic carbocycles. The number of piperazine rings is 1. The van der Waals surface area contributed by atoms with Gasteiger partial charge in [0, 0.05) is 19.2 Å². The fraction of sp³-hybridized carbons (Fsp3) is 0.632. The third-order valence-corrected chi connectivity index (χ3v) is 5.29. The zero-order chi connectivity index (χ0) is 19.1. The van der Waals surface area contributed by atoms with Crippen LogP contribution >= 0.6 is 0 Å². The Balaban J connectivity index is 1.65. The molecular weight excluding hydrogens is 344 g/mol. The topological polar surface area (TPSA) is 69.7 Å². The van der Waals surface area contributed by atoms with E-state index in [0.29, 0.717) is 19.2 Å². The Morgan fingerprint density at radius 1 is 1.15 bits per heavy atom. The van der Waals surface area contributed by atoms with E-state index < -0.39 is 0 Å². The van der Waals surface area contributed by atoms with Gasteiger partial charge in [-0.3, -0.25) is 0 Å². The maximum Gasteiger partial charge on any atom is 0.209 e. The van der Waals surface area contributed by atoms with Crippen molar-refractivity contribution in [3.63, 3.8) is 0 Å². The second-order valence-corrected chi connectivity index (χ2v) is 6.94. The molecule has 0 bridgehead atoms. The van der Waals surface area contributed by atoms with Gasteiger partial charge >= 0.3 is 0 Å². The molecule has 1 aromatic heterocycles. The van der Waals surface area contributed by atoms with E-state index in [-0.39, 0.29) is 0 Å². The molecule has 0 radical (unpaired) electrons. The van der Waals surface area contributed by atoms with Crippen molar-refractivity contribution < 1.29 is 14.4 Å². The summed E-state index contributed by atoms with van der Waals surface area (Å²) < 4.78 is 12.4. The van der Waals surface area contributed by atoms with Crippen LogP contribution in [0.25, 0.3) is 0 Å². The Kier molecular flexibility index (Phi) is 7.00. The van der Waals surface area contributed by atoms with Crippen LogP contribution in [-0.4, -0.2) is 67.2 Å². The summed E-state index contributed by atoms with van der Waals surface area (Å²) in [6.45, 7) is 7.76. The molecule has 2 heterocycles. The lowest BCUT2D eigenvalue weighted by Gasteiger charge is -2.37. The number of quaternary nitrogens is 1. The van der Waals surface area contributed by atoms with Crippen LogP contribution in [0.2, 0.25) is 0 Å². The third-order valence-electron chi connectivity index (χ3n) is 5.29. The monoisotopic (exact) mass is 375 g/mol. The standard InChI is InChI=1S/C19H30N6O2/c1-4-5-18(19-20-21-22-25(19)14-15-26-2)24-12-10-23(11-13-24)16-6-8-17(27-3)9-7-16/h6-9,18H,4-5,10-15H2,1-3H3/p+1/t18-/m0/s1. The molecule has 1 aliphatic rings. The maximum absolute atomic E-state index is 5.26. The van der Waals surface area contributed by atoms with Crippen LogP contribution in [0.3, 0.4) is 0 Å². The highest BCUT2D eigenvalue weighted by Crippen LogP contribution is 2.20. The number of nitrogens with one attached hydrogen (secondary N) is 1. The van der Waals surface area contributed by atoms with Gasteiger partial charge in [0.25, 0.3) is 0 Å². The molecule has 1 saturated heterocycles. The summed E-state index contributed by atoms with van der Waals surface area (Å²) in [4.78, 5) is 4.01. The normalized spacial score (nSPS) is 16.5. The van der Waals surface area contributed by atoms with Crippen molar-refractivity contribution in [3.8, 4) is 5.75 Å². The molecule has 1 aliphatic heterocycles. The molecule has 8 heteroatoms. The quantitative estimate of drug-likeness (QED) is 0.691. The van der Waals surface area contributed by atoms with E-state index in [4.69, 9.17) is 9.47 Å². The zero-order valence-electron chi connectivity index (χ0n) is 16.6.